The van der Waals surface area contributed by atoms with Crippen LogP contribution >= 0.6 is 0 Å². The van der Waals surface area contributed by atoms with Gasteiger partial charge in [0.1, 0.15) is 0 Å². The van der Waals surface area contributed by atoms with Crippen molar-refractivity contribution in [3.8, 4) is 0 Å². The third kappa shape index (κ3) is 6.70. The van der Waals surface area contributed by atoms with E-state index in [1.54, 1.807) is 26.8 Å². The van der Waals surface area contributed by atoms with Crippen molar-refractivity contribution in [2.45, 2.75) is 59.8 Å². The summed E-state index contributed by atoms with van der Waals surface area (Å²) in [6.07, 6.45) is 4.57. The zero-order chi connectivity index (χ0) is 20.2. The van der Waals surface area contributed by atoms with Gasteiger partial charge in [-0.25, -0.2) is 14.4 Å². The molecule has 1 aromatic carbocycles. The average Bonchev–Trinajstić information content (AvgIpc) is 2.65. The predicted octanol–water partition coefficient (Wildman–Crippen LogP) is 4.34. The lowest BCUT2D eigenvalue weighted by atomic mass is 9.93. The van der Waals surface area contributed by atoms with Gasteiger partial charge in [0.15, 0.2) is 0 Å². The number of hydrogen-bond donors (Lipinski definition) is 0. The topological polar surface area (TPSA) is 78.9 Å². The van der Waals surface area contributed by atoms with Crippen LogP contribution in [0.5, 0.6) is 0 Å². The number of ether oxygens (including phenoxy) is 3. The molecular formula is C21H30O6. The normalized spacial score (nSPS) is 10.4. The van der Waals surface area contributed by atoms with E-state index in [2.05, 4.69) is 6.92 Å². The Labute approximate surface area is 161 Å². The summed E-state index contributed by atoms with van der Waals surface area (Å²) in [5.74, 6) is -1.77. The van der Waals surface area contributed by atoms with Gasteiger partial charge >= 0.3 is 17.9 Å². The van der Waals surface area contributed by atoms with Crippen molar-refractivity contribution < 1.29 is 28.6 Å². The number of rotatable bonds is 11. The Morgan fingerprint density at radius 1 is 0.741 bits per heavy atom. The van der Waals surface area contributed by atoms with Gasteiger partial charge in [-0.15, -0.1) is 0 Å². The summed E-state index contributed by atoms with van der Waals surface area (Å²) >= 11 is 0. The summed E-state index contributed by atoms with van der Waals surface area (Å²) in [6, 6.07) is 2.98. The minimum Gasteiger partial charge on any atom is -0.462 e. The van der Waals surface area contributed by atoms with Gasteiger partial charge in [-0.2, -0.15) is 0 Å². The molecule has 1 rings (SSSR count). The third-order valence-corrected chi connectivity index (χ3v) is 4.01. The number of carbonyl (C=O) groups is 3. The number of carbonyl (C=O) groups excluding carboxylic acids is 3. The molecule has 1 aromatic rings. The van der Waals surface area contributed by atoms with E-state index in [1.807, 2.05) is 0 Å². The Morgan fingerprint density at radius 3 is 1.93 bits per heavy atom. The van der Waals surface area contributed by atoms with Crippen LogP contribution in [0.25, 0.3) is 0 Å². The van der Waals surface area contributed by atoms with Crippen LogP contribution in [0.15, 0.2) is 12.1 Å². The molecule has 0 radical (unpaired) electrons. The maximum absolute atomic E-state index is 12.5. The second kappa shape index (κ2) is 12.1. The van der Waals surface area contributed by atoms with E-state index in [4.69, 9.17) is 14.2 Å². The number of aryl methyl sites for hydroxylation is 1. The van der Waals surface area contributed by atoms with Crippen LogP contribution in [-0.4, -0.2) is 37.7 Å². The minimum atomic E-state index is -0.651. The molecule has 0 aliphatic carbocycles. The molecule has 0 spiro atoms. The molecule has 0 amide bonds. The number of esters is 3. The highest BCUT2D eigenvalue weighted by Crippen LogP contribution is 2.23. The Bertz CT molecular complexity index is 650. The molecule has 150 valence electrons. The van der Waals surface area contributed by atoms with Crippen molar-refractivity contribution in [3.63, 3.8) is 0 Å². The smallest absolute Gasteiger partial charge is 0.339 e. The third-order valence-electron chi connectivity index (χ3n) is 4.01. The number of benzene rings is 1. The zero-order valence-electron chi connectivity index (χ0n) is 16.8. The maximum Gasteiger partial charge on any atom is 0.339 e. The number of hydrogen-bond acceptors (Lipinski definition) is 6. The van der Waals surface area contributed by atoms with Crippen molar-refractivity contribution in [1.82, 2.24) is 0 Å². The Kier molecular flexibility index (Phi) is 10.2. The summed E-state index contributed by atoms with van der Waals surface area (Å²) < 4.78 is 15.3. The van der Waals surface area contributed by atoms with Gasteiger partial charge in [0, 0.05) is 0 Å². The molecule has 0 atom stereocenters. The average molecular weight is 378 g/mol. The minimum absolute atomic E-state index is 0.0475. The molecule has 0 aliphatic heterocycles. The molecule has 0 aromatic heterocycles. The van der Waals surface area contributed by atoms with E-state index in [1.165, 1.54) is 6.07 Å². The monoisotopic (exact) mass is 378 g/mol. The molecule has 0 bridgehead atoms. The molecule has 0 fully saturated rings. The molecule has 0 saturated carbocycles. The predicted molar refractivity (Wildman–Crippen MR) is 102 cm³/mol. The molecular weight excluding hydrogens is 348 g/mol. The quantitative estimate of drug-likeness (QED) is 0.324. The van der Waals surface area contributed by atoms with Crippen LogP contribution in [0.3, 0.4) is 0 Å². The van der Waals surface area contributed by atoms with Gasteiger partial charge in [-0.05, 0) is 51.3 Å². The second-order valence-electron chi connectivity index (χ2n) is 6.03. The van der Waals surface area contributed by atoms with Crippen LogP contribution in [0.4, 0.5) is 0 Å². The van der Waals surface area contributed by atoms with Crippen LogP contribution in [0.2, 0.25) is 0 Å². The summed E-state index contributed by atoms with van der Waals surface area (Å²) in [5, 5.41) is 0. The lowest BCUT2D eigenvalue weighted by Crippen LogP contribution is -2.19. The van der Waals surface area contributed by atoms with Crippen molar-refractivity contribution in [2.24, 2.45) is 0 Å². The first-order chi connectivity index (χ1) is 13.0. The molecule has 0 N–H and O–H groups in total. The highest BCUT2D eigenvalue weighted by molar-refractivity contribution is 6.06. The highest BCUT2D eigenvalue weighted by atomic mass is 16.5. The van der Waals surface area contributed by atoms with E-state index in [0.717, 1.165) is 25.7 Å². The van der Waals surface area contributed by atoms with Gasteiger partial charge in [-0.3, -0.25) is 0 Å². The summed E-state index contributed by atoms with van der Waals surface area (Å²) in [4.78, 5) is 37.2. The Hall–Kier alpha value is -2.37. The van der Waals surface area contributed by atoms with E-state index in [-0.39, 0.29) is 36.5 Å². The van der Waals surface area contributed by atoms with Crippen LogP contribution in [0, 0.1) is 0 Å². The van der Waals surface area contributed by atoms with E-state index in [9.17, 15) is 14.4 Å². The van der Waals surface area contributed by atoms with E-state index >= 15 is 0 Å². The molecule has 27 heavy (non-hydrogen) atoms. The van der Waals surface area contributed by atoms with Gasteiger partial charge in [0.2, 0.25) is 0 Å². The first-order valence-corrected chi connectivity index (χ1v) is 9.68. The van der Waals surface area contributed by atoms with Crippen molar-refractivity contribution >= 4 is 17.9 Å². The molecule has 6 nitrogen and oxygen atoms in total. The van der Waals surface area contributed by atoms with Crippen molar-refractivity contribution in [3.05, 3.63) is 34.4 Å². The van der Waals surface area contributed by atoms with Crippen LogP contribution in [-0.2, 0) is 20.6 Å². The van der Waals surface area contributed by atoms with Gasteiger partial charge in [0.25, 0.3) is 0 Å². The van der Waals surface area contributed by atoms with Crippen molar-refractivity contribution in [1.29, 1.82) is 0 Å². The largest absolute Gasteiger partial charge is 0.462 e. The highest BCUT2D eigenvalue weighted by Gasteiger charge is 2.26. The molecule has 0 aliphatic rings. The maximum atomic E-state index is 12.5. The van der Waals surface area contributed by atoms with Gasteiger partial charge in [-0.1, -0.05) is 26.2 Å². The fourth-order valence-corrected chi connectivity index (χ4v) is 2.79. The Balaban J connectivity index is 3.43. The fraction of sp³-hybridized carbons (Fsp3) is 0.571. The number of unbranched alkanes of at least 4 members (excludes halogenated alkanes) is 3. The SMILES string of the molecule is CCCCCCc1cc(C(=O)OCC)cc(C(=O)OCC)c1C(=O)OCC. The molecule has 6 heteroatoms. The van der Waals surface area contributed by atoms with Gasteiger partial charge < -0.3 is 14.2 Å². The summed E-state index contributed by atoms with van der Waals surface area (Å²) in [7, 11) is 0. The van der Waals surface area contributed by atoms with E-state index in [0.29, 0.717) is 12.0 Å². The lowest BCUT2D eigenvalue weighted by Gasteiger charge is -2.15. The fourth-order valence-electron chi connectivity index (χ4n) is 2.79. The second-order valence-corrected chi connectivity index (χ2v) is 6.03. The Morgan fingerprint density at radius 2 is 1.33 bits per heavy atom. The zero-order valence-corrected chi connectivity index (χ0v) is 16.8. The molecule has 0 heterocycles. The molecule has 0 unspecified atom stereocenters. The molecule has 0 saturated heterocycles. The van der Waals surface area contributed by atoms with E-state index < -0.39 is 17.9 Å². The van der Waals surface area contributed by atoms with Crippen molar-refractivity contribution in [2.75, 3.05) is 19.8 Å². The summed E-state index contributed by atoms with van der Waals surface area (Å²) in [5.41, 5.74) is 1.07. The summed E-state index contributed by atoms with van der Waals surface area (Å²) in [6.45, 7) is 7.79. The van der Waals surface area contributed by atoms with Crippen LogP contribution < -0.4 is 0 Å². The van der Waals surface area contributed by atoms with Gasteiger partial charge in [0.05, 0.1) is 36.5 Å². The standard InChI is InChI=1S/C21H30O6/c1-5-9-10-11-12-15-13-16(19(22)25-6-2)14-17(20(23)26-7-3)18(15)21(24)27-8-4/h13-14H,5-12H2,1-4H3. The first kappa shape index (κ1) is 22.7. The lowest BCUT2D eigenvalue weighted by molar-refractivity contribution is 0.0475. The first-order valence-electron chi connectivity index (χ1n) is 9.68. The van der Waals surface area contributed by atoms with Crippen LogP contribution in [0.1, 0.15) is 90.0 Å².